The van der Waals surface area contributed by atoms with Crippen molar-refractivity contribution in [3.63, 3.8) is 0 Å². The lowest BCUT2D eigenvalue weighted by Gasteiger charge is -2.22. The highest BCUT2D eigenvalue weighted by molar-refractivity contribution is 9.10. The van der Waals surface area contributed by atoms with Crippen LogP contribution in [0.3, 0.4) is 0 Å². The molecule has 1 aromatic rings. The predicted molar refractivity (Wildman–Crippen MR) is 82.4 cm³/mol. The molecule has 1 N–H and O–H groups in total. The Morgan fingerprint density at radius 2 is 2.21 bits per heavy atom. The molecule has 0 radical (unpaired) electrons. The summed E-state index contributed by atoms with van der Waals surface area (Å²) in [4.78, 5) is 0. The fraction of sp³-hybridized carbons (Fsp3) is 0.786. The first-order valence-corrected chi connectivity index (χ1v) is 7.81. The molecule has 1 heterocycles. The topological polar surface area (TPSA) is 39.1 Å². The molecular formula is C14H26BrN3O. The second kappa shape index (κ2) is 8.72. The summed E-state index contributed by atoms with van der Waals surface area (Å²) in [6, 6.07) is 0.558. The molecule has 1 unspecified atom stereocenters. The van der Waals surface area contributed by atoms with Crippen LogP contribution in [0.15, 0.2) is 10.7 Å². The van der Waals surface area contributed by atoms with Gasteiger partial charge in [-0.15, -0.1) is 0 Å². The summed E-state index contributed by atoms with van der Waals surface area (Å²) in [6.45, 7) is 9.23. The maximum Gasteiger partial charge on any atom is 0.0658 e. The van der Waals surface area contributed by atoms with Gasteiger partial charge >= 0.3 is 0 Å². The third-order valence-electron chi connectivity index (χ3n) is 3.37. The molecule has 0 saturated heterocycles. The highest BCUT2D eigenvalue weighted by Crippen LogP contribution is 2.19. The third kappa shape index (κ3) is 5.24. The Hall–Kier alpha value is -0.390. The number of hydrogen-bond donors (Lipinski definition) is 1. The number of aromatic nitrogens is 2. The summed E-state index contributed by atoms with van der Waals surface area (Å²) in [5, 5.41) is 7.95. The minimum absolute atomic E-state index is 0.558. The first kappa shape index (κ1) is 16.7. The Morgan fingerprint density at radius 1 is 1.47 bits per heavy atom. The Balaban J connectivity index is 2.62. The van der Waals surface area contributed by atoms with Gasteiger partial charge in [-0.1, -0.05) is 20.8 Å². The molecule has 0 saturated carbocycles. The highest BCUT2D eigenvalue weighted by atomic mass is 79.9. The Bertz CT molecular complexity index is 366. The second-order valence-electron chi connectivity index (χ2n) is 5.10. The smallest absolute Gasteiger partial charge is 0.0658 e. The largest absolute Gasteiger partial charge is 0.383 e. The van der Waals surface area contributed by atoms with Gasteiger partial charge in [-0.3, -0.25) is 4.68 Å². The Labute approximate surface area is 125 Å². The number of nitrogens with one attached hydrogen (secondary N) is 1. The van der Waals surface area contributed by atoms with E-state index in [2.05, 4.69) is 47.1 Å². The third-order valence-corrected chi connectivity index (χ3v) is 4.03. The molecule has 0 bridgehead atoms. The van der Waals surface area contributed by atoms with Gasteiger partial charge in [0, 0.05) is 13.2 Å². The van der Waals surface area contributed by atoms with Gasteiger partial charge < -0.3 is 10.1 Å². The zero-order valence-corrected chi connectivity index (χ0v) is 14.0. The molecule has 0 amide bonds. The van der Waals surface area contributed by atoms with Crippen LogP contribution < -0.4 is 5.32 Å². The fourth-order valence-electron chi connectivity index (χ4n) is 2.23. The van der Waals surface area contributed by atoms with E-state index in [0.29, 0.717) is 18.6 Å². The maximum atomic E-state index is 5.12. The summed E-state index contributed by atoms with van der Waals surface area (Å²) >= 11 is 3.59. The number of methoxy groups -OCH3 is 1. The normalized spacial score (nSPS) is 13.2. The second-order valence-corrected chi connectivity index (χ2v) is 5.96. The van der Waals surface area contributed by atoms with Gasteiger partial charge in [0.15, 0.2) is 0 Å². The molecule has 0 spiro atoms. The van der Waals surface area contributed by atoms with Gasteiger partial charge in [0.05, 0.1) is 29.5 Å². The molecule has 0 aromatic carbocycles. The minimum Gasteiger partial charge on any atom is -0.383 e. The van der Waals surface area contributed by atoms with Gasteiger partial charge in [-0.2, -0.15) is 5.10 Å². The van der Waals surface area contributed by atoms with Crippen molar-refractivity contribution in [3.8, 4) is 0 Å². The van der Waals surface area contributed by atoms with E-state index >= 15 is 0 Å². The SMILES string of the molecule is CCNC(CCc1c(Br)cnn1CCOC)C(C)C. The van der Waals surface area contributed by atoms with Crippen molar-refractivity contribution in [1.29, 1.82) is 0 Å². The molecule has 110 valence electrons. The van der Waals surface area contributed by atoms with Gasteiger partial charge in [0.1, 0.15) is 0 Å². The van der Waals surface area contributed by atoms with Crippen molar-refractivity contribution in [2.24, 2.45) is 5.92 Å². The quantitative estimate of drug-likeness (QED) is 0.756. The lowest BCUT2D eigenvalue weighted by Crippen LogP contribution is -2.34. The van der Waals surface area contributed by atoms with Crippen molar-refractivity contribution >= 4 is 15.9 Å². The molecule has 0 aliphatic heterocycles. The molecule has 0 aliphatic rings. The van der Waals surface area contributed by atoms with Crippen LogP contribution >= 0.6 is 15.9 Å². The van der Waals surface area contributed by atoms with Crippen molar-refractivity contribution in [2.75, 3.05) is 20.3 Å². The van der Waals surface area contributed by atoms with Crippen molar-refractivity contribution in [3.05, 3.63) is 16.4 Å². The lowest BCUT2D eigenvalue weighted by molar-refractivity contribution is 0.182. The monoisotopic (exact) mass is 331 g/mol. The number of hydrogen-bond acceptors (Lipinski definition) is 3. The predicted octanol–water partition coefficient (Wildman–Crippen LogP) is 2.86. The molecule has 0 aliphatic carbocycles. The average Bonchev–Trinajstić information content (AvgIpc) is 2.72. The summed E-state index contributed by atoms with van der Waals surface area (Å²) < 4.78 is 8.26. The van der Waals surface area contributed by atoms with Crippen molar-refractivity contribution in [1.82, 2.24) is 15.1 Å². The van der Waals surface area contributed by atoms with E-state index in [-0.39, 0.29) is 0 Å². The number of halogens is 1. The van der Waals surface area contributed by atoms with Crippen LogP contribution in [0.4, 0.5) is 0 Å². The maximum absolute atomic E-state index is 5.12. The zero-order valence-electron chi connectivity index (χ0n) is 12.4. The number of nitrogens with zero attached hydrogens (tertiary/aromatic N) is 2. The minimum atomic E-state index is 0.558. The molecule has 5 heteroatoms. The van der Waals surface area contributed by atoms with Crippen LogP contribution in [-0.2, 0) is 17.7 Å². The van der Waals surface area contributed by atoms with E-state index in [1.807, 2.05) is 10.9 Å². The van der Waals surface area contributed by atoms with E-state index < -0.39 is 0 Å². The Morgan fingerprint density at radius 3 is 2.79 bits per heavy atom. The van der Waals surface area contributed by atoms with Crippen molar-refractivity contribution in [2.45, 2.75) is 46.2 Å². The molecule has 1 aromatic heterocycles. The van der Waals surface area contributed by atoms with Gasteiger partial charge in [0.25, 0.3) is 0 Å². The van der Waals surface area contributed by atoms with E-state index in [1.54, 1.807) is 7.11 Å². The van der Waals surface area contributed by atoms with Crippen LogP contribution in [0.5, 0.6) is 0 Å². The lowest BCUT2D eigenvalue weighted by atomic mass is 9.98. The summed E-state index contributed by atoms with van der Waals surface area (Å²) in [5.74, 6) is 0.647. The molecule has 4 nitrogen and oxygen atoms in total. The molecular weight excluding hydrogens is 306 g/mol. The van der Waals surface area contributed by atoms with Crippen LogP contribution in [0.2, 0.25) is 0 Å². The van der Waals surface area contributed by atoms with Crippen molar-refractivity contribution < 1.29 is 4.74 Å². The molecule has 0 fully saturated rings. The van der Waals surface area contributed by atoms with Crippen LogP contribution in [0.1, 0.15) is 32.9 Å². The molecule has 19 heavy (non-hydrogen) atoms. The van der Waals surface area contributed by atoms with E-state index in [0.717, 1.165) is 30.4 Å². The zero-order chi connectivity index (χ0) is 14.3. The van der Waals surface area contributed by atoms with Crippen LogP contribution in [-0.4, -0.2) is 36.1 Å². The van der Waals surface area contributed by atoms with E-state index in [1.165, 1.54) is 5.69 Å². The summed E-state index contributed by atoms with van der Waals surface area (Å²) in [7, 11) is 1.72. The summed E-state index contributed by atoms with van der Waals surface area (Å²) in [6.07, 6.45) is 4.03. The van der Waals surface area contributed by atoms with Crippen LogP contribution in [0.25, 0.3) is 0 Å². The highest BCUT2D eigenvalue weighted by Gasteiger charge is 2.15. The van der Waals surface area contributed by atoms with Gasteiger partial charge in [-0.25, -0.2) is 0 Å². The Kier molecular flexibility index (Phi) is 7.64. The molecule has 1 atom stereocenters. The molecule has 1 rings (SSSR count). The van der Waals surface area contributed by atoms with Gasteiger partial charge in [0.2, 0.25) is 0 Å². The number of rotatable bonds is 9. The standard InChI is InChI=1S/C14H26BrN3O/c1-5-16-13(11(2)3)6-7-14-12(15)10-17-18(14)8-9-19-4/h10-11,13,16H,5-9H2,1-4H3. The van der Waals surface area contributed by atoms with Gasteiger partial charge in [-0.05, 0) is 41.2 Å². The summed E-state index contributed by atoms with van der Waals surface area (Å²) in [5.41, 5.74) is 1.26. The van der Waals surface area contributed by atoms with Crippen LogP contribution in [0, 0.1) is 5.92 Å². The van der Waals surface area contributed by atoms with E-state index in [9.17, 15) is 0 Å². The fourth-order valence-corrected chi connectivity index (χ4v) is 2.73. The first-order chi connectivity index (χ1) is 9.10. The first-order valence-electron chi connectivity index (χ1n) is 7.02. The average molecular weight is 332 g/mol. The van der Waals surface area contributed by atoms with E-state index in [4.69, 9.17) is 4.74 Å². The number of ether oxygens (including phenoxy) is 1.